The van der Waals surface area contributed by atoms with Crippen molar-refractivity contribution >= 4 is 17.5 Å². The fourth-order valence-corrected chi connectivity index (χ4v) is 2.48. The lowest BCUT2D eigenvalue weighted by atomic mass is 10.1. The molecule has 0 radical (unpaired) electrons. The Morgan fingerprint density at radius 1 is 1.33 bits per heavy atom. The molecule has 0 aliphatic rings. The largest absolute Gasteiger partial charge is 0.344 e. The van der Waals surface area contributed by atoms with Crippen LogP contribution in [0, 0.1) is 6.92 Å². The molecule has 0 N–H and O–H groups in total. The quantitative estimate of drug-likeness (QED) is 0.819. The number of aryl methyl sites for hydroxylation is 1. The van der Waals surface area contributed by atoms with Gasteiger partial charge in [-0.3, -0.25) is 4.79 Å². The molecule has 0 aliphatic carbocycles. The molecule has 1 aromatic heterocycles. The van der Waals surface area contributed by atoms with Crippen LogP contribution in [0.5, 0.6) is 0 Å². The first-order valence-electron chi connectivity index (χ1n) is 7.04. The number of hydrogen-bond donors (Lipinski definition) is 0. The second kappa shape index (κ2) is 7.27. The van der Waals surface area contributed by atoms with Crippen molar-refractivity contribution in [2.45, 2.75) is 33.2 Å². The molecule has 2 rings (SSSR count). The highest BCUT2D eigenvalue weighted by Crippen LogP contribution is 2.21. The summed E-state index contributed by atoms with van der Waals surface area (Å²) in [6.45, 7) is 5.13. The minimum atomic E-state index is 0.109. The first kappa shape index (κ1) is 15.6. The van der Waals surface area contributed by atoms with E-state index in [9.17, 15) is 4.79 Å². The molecule has 0 fully saturated rings. The van der Waals surface area contributed by atoms with Crippen LogP contribution in [0.15, 0.2) is 34.9 Å². The molecule has 21 heavy (non-hydrogen) atoms. The minimum absolute atomic E-state index is 0.109. The molecule has 0 saturated carbocycles. The molecule has 0 unspecified atom stereocenters. The molecule has 2 aromatic rings. The van der Waals surface area contributed by atoms with Gasteiger partial charge in [-0.05, 0) is 37.4 Å². The van der Waals surface area contributed by atoms with E-state index < -0.39 is 0 Å². The van der Waals surface area contributed by atoms with Crippen LogP contribution in [0.3, 0.4) is 0 Å². The lowest BCUT2D eigenvalue weighted by Crippen LogP contribution is -2.30. The molecule has 0 aliphatic heterocycles. The summed E-state index contributed by atoms with van der Waals surface area (Å²) in [6.07, 6.45) is 0.959. The SMILES string of the molecule is CCN(Cc1ccccc1)C(=O)CCc1c(C)noc1Cl. The first-order valence-corrected chi connectivity index (χ1v) is 7.42. The molecule has 112 valence electrons. The van der Waals surface area contributed by atoms with E-state index in [0.717, 1.165) is 16.8 Å². The van der Waals surface area contributed by atoms with Gasteiger partial charge in [0, 0.05) is 25.1 Å². The van der Waals surface area contributed by atoms with Crippen molar-refractivity contribution in [3.8, 4) is 0 Å². The fraction of sp³-hybridized carbons (Fsp3) is 0.375. The first-order chi connectivity index (χ1) is 10.1. The highest BCUT2D eigenvalue weighted by Gasteiger charge is 2.16. The van der Waals surface area contributed by atoms with E-state index in [1.54, 1.807) is 0 Å². The van der Waals surface area contributed by atoms with E-state index in [0.29, 0.717) is 25.9 Å². The summed E-state index contributed by atoms with van der Waals surface area (Å²) in [7, 11) is 0. The van der Waals surface area contributed by atoms with Gasteiger partial charge in [0.2, 0.25) is 11.1 Å². The van der Waals surface area contributed by atoms with Gasteiger partial charge < -0.3 is 9.42 Å². The van der Waals surface area contributed by atoms with Crippen LogP contribution in [-0.4, -0.2) is 22.5 Å². The summed E-state index contributed by atoms with van der Waals surface area (Å²) in [5, 5.41) is 4.08. The van der Waals surface area contributed by atoms with Gasteiger partial charge in [0.15, 0.2) is 0 Å². The molecule has 4 nitrogen and oxygen atoms in total. The Labute approximate surface area is 129 Å². The second-order valence-electron chi connectivity index (χ2n) is 4.91. The Hall–Kier alpha value is -1.81. The third-order valence-corrected chi connectivity index (χ3v) is 3.77. The zero-order chi connectivity index (χ0) is 15.2. The lowest BCUT2D eigenvalue weighted by molar-refractivity contribution is -0.131. The van der Waals surface area contributed by atoms with Crippen molar-refractivity contribution in [3.63, 3.8) is 0 Å². The van der Waals surface area contributed by atoms with Crippen LogP contribution < -0.4 is 0 Å². The molecule has 0 atom stereocenters. The number of hydrogen-bond acceptors (Lipinski definition) is 3. The van der Waals surface area contributed by atoms with Gasteiger partial charge in [-0.25, -0.2) is 0 Å². The van der Waals surface area contributed by atoms with Crippen LogP contribution in [0.4, 0.5) is 0 Å². The van der Waals surface area contributed by atoms with E-state index in [1.165, 1.54) is 0 Å². The third kappa shape index (κ3) is 4.08. The summed E-state index contributed by atoms with van der Waals surface area (Å²) in [6, 6.07) is 9.98. The van der Waals surface area contributed by atoms with Crippen molar-refractivity contribution in [2.24, 2.45) is 0 Å². The van der Waals surface area contributed by atoms with Gasteiger partial charge in [0.1, 0.15) is 0 Å². The zero-order valence-electron chi connectivity index (χ0n) is 12.3. The minimum Gasteiger partial charge on any atom is -0.344 e. The normalized spacial score (nSPS) is 10.6. The van der Waals surface area contributed by atoms with Gasteiger partial charge in [-0.15, -0.1) is 0 Å². The standard InChI is InChI=1S/C16H19ClN2O2/c1-3-19(11-13-7-5-4-6-8-13)15(20)10-9-14-12(2)18-21-16(14)17/h4-8H,3,9-11H2,1-2H3. The summed E-state index contributed by atoms with van der Waals surface area (Å²) in [5.41, 5.74) is 2.70. The molecule has 0 bridgehead atoms. The maximum Gasteiger partial charge on any atom is 0.229 e. The summed E-state index contributed by atoms with van der Waals surface area (Å²) >= 11 is 5.92. The molecule has 1 amide bonds. The van der Waals surface area contributed by atoms with E-state index in [2.05, 4.69) is 5.16 Å². The van der Waals surface area contributed by atoms with Crippen molar-refractivity contribution in [3.05, 3.63) is 52.4 Å². The monoisotopic (exact) mass is 306 g/mol. The van der Waals surface area contributed by atoms with Crippen LogP contribution >= 0.6 is 11.6 Å². The topological polar surface area (TPSA) is 46.3 Å². The Bertz CT molecular complexity index is 576. The van der Waals surface area contributed by atoms with Crippen molar-refractivity contribution in [1.82, 2.24) is 10.1 Å². The second-order valence-corrected chi connectivity index (χ2v) is 5.26. The Kier molecular flexibility index (Phi) is 5.39. The van der Waals surface area contributed by atoms with Gasteiger partial charge in [0.05, 0.1) is 5.69 Å². The number of nitrogens with zero attached hydrogens (tertiary/aromatic N) is 2. The Morgan fingerprint density at radius 3 is 2.62 bits per heavy atom. The van der Waals surface area contributed by atoms with Crippen molar-refractivity contribution in [2.75, 3.05) is 6.54 Å². The Balaban J connectivity index is 1.94. The average molecular weight is 307 g/mol. The molecule has 1 aromatic carbocycles. The zero-order valence-corrected chi connectivity index (χ0v) is 13.1. The van der Waals surface area contributed by atoms with Crippen molar-refractivity contribution in [1.29, 1.82) is 0 Å². The fourth-order valence-electron chi connectivity index (χ4n) is 2.21. The molecule has 0 saturated heterocycles. The molecule has 1 heterocycles. The third-order valence-electron chi connectivity index (χ3n) is 3.48. The van der Waals surface area contributed by atoms with Gasteiger partial charge >= 0.3 is 0 Å². The molecular weight excluding hydrogens is 288 g/mol. The van der Waals surface area contributed by atoms with Gasteiger partial charge in [-0.1, -0.05) is 35.5 Å². The average Bonchev–Trinajstić information content (AvgIpc) is 2.82. The van der Waals surface area contributed by atoms with Gasteiger partial charge in [-0.2, -0.15) is 0 Å². The number of benzene rings is 1. The predicted octanol–water partition coefficient (Wildman–Crippen LogP) is 3.62. The summed E-state index contributed by atoms with van der Waals surface area (Å²) < 4.78 is 4.90. The Morgan fingerprint density at radius 2 is 2.05 bits per heavy atom. The lowest BCUT2D eigenvalue weighted by Gasteiger charge is -2.21. The highest BCUT2D eigenvalue weighted by atomic mass is 35.5. The molecular formula is C16H19ClN2O2. The van der Waals surface area contributed by atoms with E-state index >= 15 is 0 Å². The summed E-state index contributed by atoms with van der Waals surface area (Å²) in [4.78, 5) is 14.2. The van der Waals surface area contributed by atoms with E-state index in [4.69, 9.17) is 16.1 Å². The highest BCUT2D eigenvalue weighted by molar-refractivity contribution is 6.29. The van der Waals surface area contributed by atoms with Crippen LogP contribution in [0.25, 0.3) is 0 Å². The summed E-state index contributed by atoms with van der Waals surface area (Å²) in [5.74, 6) is 0.109. The predicted molar refractivity (Wildman–Crippen MR) is 82.1 cm³/mol. The van der Waals surface area contributed by atoms with Crippen molar-refractivity contribution < 1.29 is 9.32 Å². The number of halogens is 1. The maximum absolute atomic E-state index is 12.3. The number of carbonyl (C=O) groups is 1. The van der Waals surface area contributed by atoms with E-state index in [-0.39, 0.29) is 11.1 Å². The number of carbonyl (C=O) groups excluding carboxylic acids is 1. The number of amides is 1. The van der Waals surface area contributed by atoms with Crippen LogP contribution in [0.1, 0.15) is 30.2 Å². The van der Waals surface area contributed by atoms with Crippen LogP contribution in [-0.2, 0) is 17.8 Å². The maximum atomic E-state index is 12.3. The van der Waals surface area contributed by atoms with Gasteiger partial charge in [0.25, 0.3) is 0 Å². The number of rotatable bonds is 6. The number of aromatic nitrogens is 1. The molecule has 5 heteroatoms. The van der Waals surface area contributed by atoms with E-state index in [1.807, 2.05) is 49.1 Å². The smallest absolute Gasteiger partial charge is 0.229 e. The molecule has 0 spiro atoms. The van der Waals surface area contributed by atoms with Crippen LogP contribution in [0.2, 0.25) is 5.22 Å².